The van der Waals surface area contributed by atoms with Crippen molar-refractivity contribution in [2.24, 2.45) is 5.92 Å². The lowest BCUT2D eigenvalue weighted by atomic mass is 10.0. The van der Waals surface area contributed by atoms with E-state index < -0.39 is 5.97 Å². The van der Waals surface area contributed by atoms with Crippen molar-refractivity contribution in [3.8, 4) is 0 Å². The van der Waals surface area contributed by atoms with E-state index in [-0.39, 0.29) is 31.1 Å². The molecule has 1 N–H and O–H groups in total. The van der Waals surface area contributed by atoms with Crippen LogP contribution in [0, 0.1) is 5.92 Å². The topological polar surface area (TPSA) is 125 Å². The van der Waals surface area contributed by atoms with Crippen molar-refractivity contribution in [1.82, 2.24) is 0 Å². The third-order valence-electron chi connectivity index (χ3n) is 4.00. The van der Waals surface area contributed by atoms with Crippen LogP contribution in [0.2, 0.25) is 0 Å². The van der Waals surface area contributed by atoms with E-state index in [0.29, 0.717) is 24.7 Å². The van der Waals surface area contributed by atoms with Crippen molar-refractivity contribution in [1.29, 1.82) is 0 Å². The summed E-state index contributed by atoms with van der Waals surface area (Å²) in [5, 5.41) is 8.19. The van der Waals surface area contributed by atoms with Crippen molar-refractivity contribution in [3.05, 3.63) is 50.3 Å². The lowest BCUT2D eigenvalue weighted by molar-refractivity contribution is -0.140. The molecule has 0 saturated heterocycles. The molecule has 0 radical (unpaired) electrons. The van der Waals surface area contributed by atoms with Gasteiger partial charge in [-0.2, -0.15) is 0 Å². The Hall–Kier alpha value is -3.20. The number of rotatable bonds is 15. The van der Waals surface area contributed by atoms with Crippen molar-refractivity contribution < 1.29 is 43.2 Å². The van der Waals surface area contributed by atoms with Gasteiger partial charge in [-0.1, -0.05) is 72.8 Å². The van der Waals surface area contributed by atoms with Crippen LogP contribution in [0.1, 0.15) is 73.1 Å². The second-order valence-corrected chi connectivity index (χ2v) is 7.39. The lowest BCUT2D eigenvalue weighted by Crippen LogP contribution is -2.12. The van der Waals surface area contributed by atoms with Crippen LogP contribution in [-0.4, -0.2) is 55.4 Å². The highest BCUT2D eigenvalue weighted by Gasteiger charge is 2.07. The van der Waals surface area contributed by atoms with Gasteiger partial charge in [-0.3, -0.25) is 4.79 Å². The van der Waals surface area contributed by atoms with Crippen molar-refractivity contribution in [3.63, 3.8) is 0 Å². The van der Waals surface area contributed by atoms with Gasteiger partial charge in [0.1, 0.15) is 6.61 Å². The van der Waals surface area contributed by atoms with E-state index in [1.807, 2.05) is 6.92 Å². The quantitative estimate of drug-likeness (QED) is 0.0998. The molecule has 0 aliphatic carbocycles. The molecule has 0 heterocycles. The normalized spacial score (nSPS) is 9.57. The van der Waals surface area contributed by atoms with E-state index in [1.165, 1.54) is 31.9 Å². The third-order valence-corrected chi connectivity index (χ3v) is 4.00. The average Bonchev–Trinajstić information content (AvgIpc) is 2.88. The molecule has 0 rings (SSSR count). The van der Waals surface area contributed by atoms with Gasteiger partial charge in [-0.05, 0) is 25.7 Å². The summed E-state index contributed by atoms with van der Waals surface area (Å²) in [6.45, 7) is 23.3. The predicted octanol–water partition coefficient (Wildman–Crippen LogP) is 5.24. The maximum atomic E-state index is 10.8. The van der Waals surface area contributed by atoms with Gasteiger partial charge in [0.05, 0.1) is 26.1 Å². The van der Waals surface area contributed by atoms with Gasteiger partial charge in [-0.25, -0.2) is 14.4 Å². The zero-order valence-electron chi connectivity index (χ0n) is 23.4. The first kappa shape index (κ1) is 40.9. The summed E-state index contributed by atoms with van der Waals surface area (Å²) < 4.78 is 18.3. The summed E-state index contributed by atoms with van der Waals surface area (Å²) in [7, 11) is 0. The Labute approximate surface area is 223 Å². The van der Waals surface area contributed by atoms with Gasteiger partial charge in [0, 0.05) is 24.6 Å². The van der Waals surface area contributed by atoms with Crippen molar-refractivity contribution in [2.45, 2.75) is 73.1 Å². The molecule has 9 heteroatoms. The molecule has 0 aromatic carbocycles. The maximum Gasteiger partial charge on any atom is 0.333 e. The molecule has 37 heavy (non-hydrogen) atoms. The average molecular weight is 529 g/mol. The standard InChI is InChI=1S/C11H20O2.C7H12O2.C6H10O3.C4H6O2/c1-4-7-8-10(5-2)9-13-11(12)6-3;1-3-5-6-9-7(8)4-2;1-5(2)6(8)9-4-3-7;1-3-6-4(2)5/h6,10H,3-5,7-9H2,1-2H3;4H,2-3,5-6H2,1H3;7H,1,3-4H2,2H3;3H,1H2,2H3. The van der Waals surface area contributed by atoms with Gasteiger partial charge >= 0.3 is 23.9 Å². The van der Waals surface area contributed by atoms with Crippen LogP contribution in [0.3, 0.4) is 0 Å². The van der Waals surface area contributed by atoms with Crippen LogP contribution in [-0.2, 0) is 38.1 Å². The molecule has 0 aromatic heterocycles. The molecule has 0 fully saturated rings. The Kier molecular flexibility index (Phi) is 36.3. The first-order chi connectivity index (χ1) is 17.5. The summed E-state index contributed by atoms with van der Waals surface area (Å²) in [5.41, 5.74) is 0.350. The van der Waals surface area contributed by atoms with Crippen LogP contribution in [0.4, 0.5) is 0 Å². The first-order valence-electron chi connectivity index (χ1n) is 12.3. The molecule has 0 aromatic rings. The molecule has 0 aliphatic rings. The van der Waals surface area contributed by atoms with Gasteiger partial charge in [-0.15, -0.1) is 0 Å². The van der Waals surface area contributed by atoms with E-state index in [2.05, 4.69) is 54.4 Å². The molecule has 214 valence electrons. The number of ether oxygens (including phenoxy) is 4. The summed E-state index contributed by atoms with van der Waals surface area (Å²) in [6, 6.07) is 0. The second-order valence-electron chi connectivity index (χ2n) is 7.39. The van der Waals surface area contributed by atoms with E-state index in [9.17, 15) is 19.2 Å². The Balaban J connectivity index is -0.000000203. The van der Waals surface area contributed by atoms with Crippen LogP contribution >= 0.6 is 0 Å². The highest BCUT2D eigenvalue weighted by molar-refractivity contribution is 5.86. The number of esters is 4. The minimum atomic E-state index is -0.455. The zero-order valence-corrected chi connectivity index (χ0v) is 23.4. The molecule has 9 nitrogen and oxygen atoms in total. The highest BCUT2D eigenvalue weighted by Crippen LogP contribution is 2.12. The first-order valence-corrected chi connectivity index (χ1v) is 12.3. The Morgan fingerprint density at radius 2 is 1.38 bits per heavy atom. The number of hydrogen-bond donors (Lipinski definition) is 1. The van der Waals surface area contributed by atoms with Crippen LogP contribution < -0.4 is 0 Å². The van der Waals surface area contributed by atoms with E-state index >= 15 is 0 Å². The Bertz CT molecular complexity index is 652. The molecule has 0 spiro atoms. The van der Waals surface area contributed by atoms with Gasteiger partial charge in [0.2, 0.25) is 0 Å². The monoisotopic (exact) mass is 528 g/mol. The SMILES string of the molecule is C=C(C)C(=O)OCCO.C=CC(=O)OCC(CC)CCCC.C=CC(=O)OCCCC.C=COC(C)=O. The smallest absolute Gasteiger partial charge is 0.333 e. The number of hydrogen-bond acceptors (Lipinski definition) is 9. The number of aliphatic hydroxyl groups is 1. The molecule has 0 bridgehead atoms. The van der Waals surface area contributed by atoms with Crippen molar-refractivity contribution in [2.75, 3.05) is 26.4 Å². The van der Waals surface area contributed by atoms with Crippen molar-refractivity contribution >= 4 is 23.9 Å². The number of carbonyl (C=O) groups excluding carboxylic acids is 4. The van der Waals surface area contributed by atoms with Gasteiger partial charge < -0.3 is 24.1 Å². The fraction of sp³-hybridized carbons (Fsp3) is 0.571. The largest absolute Gasteiger partial charge is 0.463 e. The molecular formula is C28H48O9. The molecule has 1 atom stereocenters. The molecule has 1 unspecified atom stereocenters. The fourth-order valence-electron chi connectivity index (χ4n) is 1.91. The maximum absolute atomic E-state index is 10.8. The van der Waals surface area contributed by atoms with Crippen LogP contribution in [0.5, 0.6) is 0 Å². The van der Waals surface area contributed by atoms with E-state index in [1.54, 1.807) is 6.92 Å². The Morgan fingerprint density at radius 3 is 1.73 bits per heavy atom. The third kappa shape index (κ3) is 40.3. The molecule has 0 saturated carbocycles. The second kappa shape index (κ2) is 32.8. The number of aliphatic hydroxyl groups excluding tert-OH is 1. The highest BCUT2D eigenvalue weighted by atomic mass is 16.5. The predicted molar refractivity (Wildman–Crippen MR) is 145 cm³/mol. The molecule has 0 aliphatic heterocycles. The van der Waals surface area contributed by atoms with Gasteiger partial charge in [0.15, 0.2) is 0 Å². The fourth-order valence-corrected chi connectivity index (χ4v) is 1.91. The minimum absolute atomic E-state index is 0.0473. The Morgan fingerprint density at radius 1 is 0.838 bits per heavy atom. The lowest BCUT2D eigenvalue weighted by Gasteiger charge is -2.13. The summed E-state index contributed by atoms with van der Waals surface area (Å²) >= 11 is 0. The number of unbranched alkanes of at least 4 members (excludes halogenated alkanes) is 2. The zero-order chi connectivity index (χ0) is 29.5. The van der Waals surface area contributed by atoms with Crippen LogP contribution in [0.15, 0.2) is 50.3 Å². The minimum Gasteiger partial charge on any atom is -0.463 e. The summed E-state index contributed by atoms with van der Waals surface area (Å²) in [4.78, 5) is 41.3. The number of carbonyl (C=O) groups is 4. The summed E-state index contributed by atoms with van der Waals surface area (Å²) in [6.07, 6.45) is 10.1. The van der Waals surface area contributed by atoms with Crippen LogP contribution in [0.25, 0.3) is 0 Å². The summed E-state index contributed by atoms with van der Waals surface area (Å²) in [5.74, 6) is -0.906. The van der Waals surface area contributed by atoms with Gasteiger partial charge in [0.25, 0.3) is 0 Å². The van der Waals surface area contributed by atoms with E-state index in [0.717, 1.165) is 31.9 Å². The molecular weight excluding hydrogens is 480 g/mol. The molecule has 0 amide bonds. The van der Waals surface area contributed by atoms with E-state index in [4.69, 9.17) is 9.84 Å².